The fourth-order valence-electron chi connectivity index (χ4n) is 2.89. The Morgan fingerprint density at radius 2 is 1.72 bits per heavy atom. The quantitative estimate of drug-likeness (QED) is 0.621. The average Bonchev–Trinajstić information content (AvgIpc) is 3.30. The maximum absolute atomic E-state index is 12.9. The maximum Gasteiger partial charge on any atom is 0.271 e. The van der Waals surface area contributed by atoms with E-state index in [4.69, 9.17) is 9.47 Å². The number of aromatic nitrogens is 4. The number of amides is 2. The molecule has 29 heavy (non-hydrogen) atoms. The van der Waals surface area contributed by atoms with Crippen LogP contribution in [0.4, 0.5) is 5.69 Å². The largest absolute Gasteiger partial charge is 0.496 e. The first-order chi connectivity index (χ1) is 13.9. The Morgan fingerprint density at radius 1 is 1.03 bits per heavy atom. The zero-order chi connectivity index (χ0) is 21.0. The van der Waals surface area contributed by atoms with Gasteiger partial charge >= 0.3 is 0 Å². The molecule has 2 N–H and O–H groups in total. The highest BCUT2D eigenvalue weighted by Gasteiger charge is 2.23. The lowest BCUT2D eigenvalue weighted by molar-refractivity contribution is 0.0942. The molecule has 2 amide bonds. The van der Waals surface area contributed by atoms with Crippen LogP contribution >= 0.6 is 0 Å². The van der Waals surface area contributed by atoms with E-state index in [1.54, 1.807) is 49.4 Å². The van der Waals surface area contributed by atoms with Crippen molar-refractivity contribution >= 4 is 17.5 Å². The molecule has 0 bridgehead atoms. The molecule has 1 aromatic carbocycles. The van der Waals surface area contributed by atoms with Gasteiger partial charge in [0, 0.05) is 32.4 Å². The Balaban J connectivity index is 1.81. The lowest BCUT2D eigenvalue weighted by atomic mass is 10.1. The number of carbonyl (C=O) groups is 2. The Labute approximate surface area is 167 Å². The Hall–Kier alpha value is -3.82. The molecular weight excluding hydrogens is 376 g/mol. The molecule has 0 atom stereocenters. The van der Waals surface area contributed by atoms with Gasteiger partial charge in [-0.1, -0.05) is 6.07 Å². The zero-order valence-corrected chi connectivity index (χ0v) is 16.6. The van der Waals surface area contributed by atoms with Crippen molar-refractivity contribution in [3.8, 4) is 11.5 Å². The van der Waals surface area contributed by atoms with Crippen LogP contribution in [-0.4, -0.2) is 45.6 Å². The summed E-state index contributed by atoms with van der Waals surface area (Å²) in [5, 5.41) is 13.7. The number of ether oxygens (including phenoxy) is 2. The van der Waals surface area contributed by atoms with Crippen molar-refractivity contribution in [3.05, 3.63) is 53.6 Å². The molecule has 10 heteroatoms. The third-order valence-electron chi connectivity index (χ3n) is 4.27. The van der Waals surface area contributed by atoms with Crippen molar-refractivity contribution in [1.29, 1.82) is 0 Å². The van der Waals surface area contributed by atoms with Crippen molar-refractivity contribution in [2.45, 2.75) is 6.54 Å². The first kappa shape index (κ1) is 19.9. The fraction of sp³-hybridized carbons (Fsp3) is 0.263. The van der Waals surface area contributed by atoms with Gasteiger partial charge in [0.1, 0.15) is 22.8 Å². The van der Waals surface area contributed by atoms with Crippen molar-refractivity contribution in [2.75, 3.05) is 19.5 Å². The highest BCUT2D eigenvalue weighted by atomic mass is 16.5. The molecule has 0 spiro atoms. The van der Waals surface area contributed by atoms with Crippen molar-refractivity contribution in [3.63, 3.8) is 0 Å². The average molecular weight is 398 g/mol. The van der Waals surface area contributed by atoms with E-state index in [1.165, 1.54) is 25.1 Å². The van der Waals surface area contributed by atoms with Gasteiger partial charge in [-0.3, -0.25) is 19.0 Å². The number of methoxy groups -OCH3 is 2. The van der Waals surface area contributed by atoms with E-state index in [9.17, 15) is 9.59 Å². The maximum atomic E-state index is 12.9. The van der Waals surface area contributed by atoms with Gasteiger partial charge in [-0.15, -0.1) is 0 Å². The molecule has 0 aliphatic carbocycles. The summed E-state index contributed by atoms with van der Waals surface area (Å²) in [5.41, 5.74) is 1.57. The van der Waals surface area contributed by atoms with E-state index in [2.05, 4.69) is 20.8 Å². The van der Waals surface area contributed by atoms with Crippen LogP contribution in [0, 0.1) is 0 Å². The molecule has 10 nitrogen and oxygen atoms in total. The molecule has 3 rings (SSSR count). The monoisotopic (exact) mass is 398 g/mol. The summed E-state index contributed by atoms with van der Waals surface area (Å²) in [4.78, 5) is 25.6. The molecular formula is C19H22N6O4. The van der Waals surface area contributed by atoms with Crippen LogP contribution in [0.2, 0.25) is 0 Å². The van der Waals surface area contributed by atoms with Gasteiger partial charge in [0.15, 0.2) is 0 Å². The second kappa shape index (κ2) is 8.46. The topological polar surface area (TPSA) is 112 Å². The summed E-state index contributed by atoms with van der Waals surface area (Å²) in [6.07, 6.45) is 4.89. The summed E-state index contributed by atoms with van der Waals surface area (Å²) < 4.78 is 13.6. The van der Waals surface area contributed by atoms with E-state index >= 15 is 0 Å². The molecule has 0 aliphatic heterocycles. The van der Waals surface area contributed by atoms with Gasteiger partial charge in [-0.25, -0.2) is 0 Å². The van der Waals surface area contributed by atoms with Crippen molar-refractivity contribution < 1.29 is 19.1 Å². The molecule has 0 saturated heterocycles. The minimum Gasteiger partial charge on any atom is -0.496 e. The summed E-state index contributed by atoms with van der Waals surface area (Å²) in [6, 6.07) is 5.03. The predicted octanol–water partition coefficient (Wildman–Crippen LogP) is 1.35. The van der Waals surface area contributed by atoms with E-state index in [1.807, 2.05) is 0 Å². The van der Waals surface area contributed by atoms with E-state index < -0.39 is 5.91 Å². The second-order valence-electron chi connectivity index (χ2n) is 6.23. The minimum atomic E-state index is -0.478. The Kier molecular flexibility index (Phi) is 5.82. The highest BCUT2D eigenvalue weighted by Crippen LogP contribution is 2.29. The van der Waals surface area contributed by atoms with Crippen LogP contribution in [-0.2, 0) is 20.6 Å². The number of hydrogen-bond acceptors (Lipinski definition) is 6. The van der Waals surface area contributed by atoms with Crippen molar-refractivity contribution in [2.24, 2.45) is 14.1 Å². The smallest absolute Gasteiger partial charge is 0.271 e. The van der Waals surface area contributed by atoms with Gasteiger partial charge in [0.05, 0.1) is 32.3 Å². The number of carbonyl (C=O) groups excluding carboxylic acids is 2. The number of benzene rings is 1. The number of nitrogens with zero attached hydrogens (tertiary/aromatic N) is 4. The summed E-state index contributed by atoms with van der Waals surface area (Å²) in [7, 11) is 6.35. The van der Waals surface area contributed by atoms with Crippen LogP contribution in [0.25, 0.3) is 0 Å². The highest BCUT2D eigenvalue weighted by molar-refractivity contribution is 6.11. The van der Waals surface area contributed by atoms with Crippen LogP contribution < -0.4 is 20.1 Å². The molecule has 0 unspecified atom stereocenters. The van der Waals surface area contributed by atoms with Gasteiger partial charge in [-0.05, 0) is 12.1 Å². The number of rotatable bonds is 7. The van der Waals surface area contributed by atoms with E-state index in [0.717, 1.165) is 5.56 Å². The molecule has 0 radical (unpaired) electrons. The van der Waals surface area contributed by atoms with Crippen LogP contribution in [0.3, 0.4) is 0 Å². The summed E-state index contributed by atoms with van der Waals surface area (Å²) in [6.45, 7) is 0.297. The van der Waals surface area contributed by atoms with Gasteiger partial charge in [0.25, 0.3) is 11.8 Å². The van der Waals surface area contributed by atoms with Gasteiger partial charge in [-0.2, -0.15) is 10.2 Å². The molecule has 0 fully saturated rings. The third kappa shape index (κ3) is 4.21. The van der Waals surface area contributed by atoms with Crippen LogP contribution in [0.5, 0.6) is 11.5 Å². The molecule has 2 heterocycles. The van der Waals surface area contributed by atoms with Crippen molar-refractivity contribution in [1.82, 2.24) is 24.9 Å². The number of aryl methyl sites for hydroxylation is 2. The first-order valence-electron chi connectivity index (χ1n) is 8.74. The summed E-state index contributed by atoms with van der Waals surface area (Å²) >= 11 is 0. The van der Waals surface area contributed by atoms with E-state index in [-0.39, 0.29) is 22.9 Å². The van der Waals surface area contributed by atoms with E-state index in [0.29, 0.717) is 18.0 Å². The first-order valence-corrected chi connectivity index (χ1v) is 8.74. The number of anilines is 1. The number of hydrogen-bond donors (Lipinski definition) is 2. The number of nitrogens with one attached hydrogen (secondary N) is 2. The predicted molar refractivity (Wildman–Crippen MR) is 105 cm³/mol. The molecule has 0 aliphatic rings. The zero-order valence-electron chi connectivity index (χ0n) is 16.6. The Morgan fingerprint density at radius 3 is 2.31 bits per heavy atom. The van der Waals surface area contributed by atoms with Gasteiger partial charge < -0.3 is 20.1 Å². The second-order valence-corrected chi connectivity index (χ2v) is 6.23. The fourth-order valence-corrected chi connectivity index (χ4v) is 2.89. The Bertz CT molecular complexity index is 1020. The molecule has 0 saturated carbocycles. The van der Waals surface area contributed by atoms with Crippen LogP contribution in [0.1, 0.15) is 26.4 Å². The minimum absolute atomic E-state index is 0.219. The lowest BCUT2D eigenvalue weighted by Gasteiger charge is -2.13. The summed E-state index contributed by atoms with van der Waals surface area (Å²) in [5.74, 6) is -0.147. The molecule has 3 aromatic rings. The van der Waals surface area contributed by atoms with Crippen LogP contribution in [0.15, 0.2) is 36.8 Å². The standard InChI is InChI=1S/C19H22N6O4/c1-24-11-12(9-21-24)8-20-19(27)17-13(10-22-25(17)2)23-18(26)16-14(28-3)6-5-7-15(16)29-4/h5-7,9-11H,8H2,1-4H3,(H,20,27)(H,23,26). The normalized spacial score (nSPS) is 10.5. The van der Waals surface area contributed by atoms with Gasteiger partial charge in [0.2, 0.25) is 0 Å². The molecule has 2 aromatic heterocycles. The molecule has 152 valence electrons. The SMILES string of the molecule is COc1cccc(OC)c1C(=O)Nc1cnn(C)c1C(=O)NCc1cnn(C)c1. The lowest BCUT2D eigenvalue weighted by Crippen LogP contribution is -2.26. The third-order valence-corrected chi connectivity index (χ3v) is 4.27.